The molecule has 1 aromatic rings. The summed E-state index contributed by atoms with van der Waals surface area (Å²) in [5.74, 6) is 2.82. The minimum atomic E-state index is -0.166. The Balaban J connectivity index is 1.26. The lowest BCUT2D eigenvalue weighted by atomic mass is 9.83. The van der Waals surface area contributed by atoms with Gasteiger partial charge in [-0.25, -0.2) is 0 Å². The largest absolute Gasteiger partial charge is 0.373 e. The van der Waals surface area contributed by atoms with Crippen LogP contribution in [0.4, 0.5) is 0 Å². The lowest BCUT2D eigenvalue weighted by Crippen LogP contribution is -2.68. The summed E-state index contributed by atoms with van der Waals surface area (Å²) in [4.78, 5) is 18.7. The number of hydrogen-bond acceptors (Lipinski definition) is 5. The Bertz CT molecular complexity index is 586. The molecule has 0 saturated carbocycles. The van der Waals surface area contributed by atoms with Crippen LogP contribution >= 0.6 is 11.8 Å². The number of carbonyl (C=O) groups is 1. The van der Waals surface area contributed by atoms with E-state index in [1.54, 1.807) is 12.4 Å². The number of nitrogens with zero attached hydrogens (tertiary/aromatic N) is 2. The van der Waals surface area contributed by atoms with Crippen LogP contribution in [0.3, 0.4) is 0 Å². The van der Waals surface area contributed by atoms with Crippen LogP contribution in [0.2, 0.25) is 0 Å². The maximum atomic E-state index is 12.6. The molecule has 6 heteroatoms. The number of aromatic nitrogens is 1. The zero-order valence-electron chi connectivity index (χ0n) is 14.6. The van der Waals surface area contributed by atoms with Crippen LogP contribution < -0.4 is 0 Å². The molecule has 4 heterocycles. The highest BCUT2D eigenvalue weighted by atomic mass is 32.2. The summed E-state index contributed by atoms with van der Waals surface area (Å²) >= 11 is 1.96. The second kappa shape index (κ2) is 7.64. The fraction of sp³-hybridized carbons (Fsp3) is 0.684. The number of amides is 1. The Morgan fingerprint density at radius 2 is 2.04 bits per heavy atom. The molecule has 3 saturated heterocycles. The zero-order valence-corrected chi connectivity index (χ0v) is 15.4. The summed E-state index contributed by atoms with van der Waals surface area (Å²) < 4.78 is 12.2. The standard InChI is InChI=1S/C19H26N2O3S/c22-18(16-4-9-25-10-5-16)21-13-19(14-21)11-17(3-8-24-19)23-12-15-1-6-20-7-2-15/h1-2,6-7,16-17H,3-5,8-14H2. The monoisotopic (exact) mass is 362 g/mol. The molecule has 3 aliphatic rings. The molecule has 0 N–H and O–H groups in total. The van der Waals surface area contributed by atoms with E-state index in [4.69, 9.17) is 9.47 Å². The first-order valence-electron chi connectivity index (χ1n) is 9.25. The molecule has 1 amide bonds. The number of likely N-dealkylation sites (tertiary alicyclic amines) is 1. The zero-order chi connectivity index (χ0) is 17.1. The third kappa shape index (κ3) is 4.01. The lowest BCUT2D eigenvalue weighted by molar-refractivity contribution is -0.204. The van der Waals surface area contributed by atoms with Gasteiger partial charge in [0.15, 0.2) is 0 Å². The smallest absolute Gasteiger partial charge is 0.225 e. The molecule has 3 aliphatic heterocycles. The van der Waals surface area contributed by atoms with Crippen molar-refractivity contribution in [3.05, 3.63) is 30.1 Å². The highest BCUT2D eigenvalue weighted by Gasteiger charge is 2.50. The first kappa shape index (κ1) is 17.3. The van der Waals surface area contributed by atoms with Gasteiger partial charge in [-0.2, -0.15) is 11.8 Å². The molecule has 0 aliphatic carbocycles. The molecular weight excluding hydrogens is 336 g/mol. The molecule has 0 bridgehead atoms. The quantitative estimate of drug-likeness (QED) is 0.824. The van der Waals surface area contributed by atoms with Crippen LogP contribution in [-0.2, 0) is 20.9 Å². The summed E-state index contributed by atoms with van der Waals surface area (Å²) in [6.07, 6.45) is 7.69. The van der Waals surface area contributed by atoms with Crippen LogP contribution in [0.25, 0.3) is 0 Å². The first-order valence-corrected chi connectivity index (χ1v) is 10.4. The van der Waals surface area contributed by atoms with Gasteiger partial charge in [0.05, 0.1) is 25.8 Å². The number of ether oxygens (including phenoxy) is 2. The van der Waals surface area contributed by atoms with E-state index in [1.165, 1.54) is 0 Å². The number of thioether (sulfide) groups is 1. The summed E-state index contributed by atoms with van der Waals surface area (Å²) in [5.41, 5.74) is 0.983. The van der Waals surface area contributed by atoms with Gasteiger partial charge in [-0.3, -0.25) is 9.78 Å². The average Bonchev–Trinajstić information content (AvgIpc) is 2.65. The molecule has 1 spiro atoms. The van der Waals surface area contributed by atoms with Crippen molar-refractivity contribution in [1.82, 2.24) is 9.88 Å². The molecule has 1 unspecified atom stereocenters. The van der Waals surface area contributed by atoms with Crippen LogP contribution in [0.15, 0.2) is 24.5 Å². The van der Waals surface area contributed by atoms with Crippen molar-refractivity contribution in [2.45, 2.75) is 44.0 Å². The maximum Gasteiger partial charge on any atom is 0.225 e. The Labute approximate surface area is 153 Å². The highest BCUT2D eigenvalue weighted by molar-refractivity contribution is 7.99. The van der Waals surface area contributed by atoms with Gasteiger partial charge in [0.2, 0.25) is 5.91 Å². The number of rotatable bonds is 4. The van der Waals surface area contributed by atoms with E-state index in [9.17, 15) is 4.79 Å². The molecule has 136 valence electrons. The van der Waals surface area contributed by atoms with Gasteiger partial charge in [0, 0.05) is 31.3 Å². The van der Waals surface area contributed by atoms with Gasteiger partial charge in [-0.15, -0.1) is 0 Å². The van der Waals surface area contributed by atoms with E-state index in [1.807, 2.05) is 28.8 Å². The maximum absolute atomic E-state index is 12.6. The molecule has 25 heavy (non-hydrogen) atoms. The number of hydrogen-bond donors (Lipinski definition) is 0. The molecule has 0 aromatic carbocycles. The van der Waals surface area contributed by atoms with E-state index in [2.05, 4.69) is 4.98 Å². The highest BCUT2D eigenvalue weighted by Crippen LogP contribution is 2.37. The first-order chi connectivity index (χ1) is 12.2. The van der Waals surface area contributed by atoms with E-state index in [0.29, 0.717) is 12.5 Å². The SMILES string of the molecule is O=C(C1CCSCC1)N1CC2(CC(OCc3ccncc3)CCO2)C1. The van der Waals surface area contributed by atoms with E-state index in [-0.39, 0.29) is 17.6 Å². The van der Waals surface area contributed by atoms with Crippen LogP contribution in [0.5, 0.6) is 0 Å². The van der Waals surface area contributed by atoms with Crippen molar-refractivity contribution in [1.29, 1.82) is 0 Å². The lowest BCUT2D eigenvalue weighted by Gasteiger charge is -2.53. The molecular formula is C19H26N2O3S. The van der Waals surface area contributed by atoms with Crippen LogP contribution in [0.1, 0.15) is 31.2 Å². The second-order valence-electron chi connectivity index (χ2n) is 7.39. The van der Waals surface area contributed by atoms with Crippen molar-refractivity contribution in [2.24, 2.45) is 5.92 Å². The summed E-state index contributed by atoms with van der Waals surface area (Å²) in [5, 5.41) is 0. The minimum absolute atomic E-state index is 0.166. The fourth-order valence-electron chi connectivity index (χ4n) is 4.05. The van der Waals surface area contributed by atoms with Crippen molar-refractivity contribution in [2.75, 3.05) is 31.2 Å². The molecule has 0 radical (unpaired) electrons. The average molecular weight is 362 g/mol. The van der Waals surface area contributed by atoms with E-state index >= 15 is 0 Å². The van der Waals surface area contributed by atoms with Gasteiger partial charge in [0.1, 0.15) is 5.60 Å². The third-order valence-corrected chi connectivity index (χ3v) is 6.57. The van der Waals surface area contributed by atoms with Gasteiger partial charge < -0.3 is 14.4 Å². The molecule has 5 nitrogen and oxygen atoms in total. The van der Waals surface area contributed by atoms with Crippen molar-refractivity contribution in [3.63, 3.8) is 0 Å². The van der Waals surface area contributed by atoms with Gasteiger partial charge in [-0.1, -0.05) is 0 Å². The molecule has 4 rings (SSSR count). The van der Waals surface area contributed by atoms with Crippen molar-refractivity contribution in [3.8, 4) is 0 Å². The van der Waals surface area contributed by atoms with Gasteiger partial charge in [0.25, 0.3) is 0 Å². The minimum Gasteiger partial charge on any atom is -0.373 e. The second-order valence-corrected chi connectivity index (χ2v) is 8.62. The Hall–Kier alpha value is -1.11. The molecule has 3 fully saturated rings. The van der Waals surface area contributed by atoms with E-state index < -0.39 is 0 Å². The van der Waals surface area contributed by atoms with Crippen molar-refractivity contribution >= 4 is 17.7 Å². The topological polar surface area (TPSA) is 51.7 Å². The third-order valence-electron chi connectivity index (χ3n) is 5.52. The van der Waals surface area contributed by atoms with Gasteiger partial charge >= 0.3 is 0 Å². The van der Waals surface area contributed by atoms with Gasteiger partial charge in [-0.05, 0) is 48.5 Å². The fourth-order valence-corrected chi connectivity index (χ4v) is 5.15. The molecule has 1 atom stereocenters. The van der Waals surface area contributed by atoms with Crippen LogP contribution in [-0.4, -0.2) is 58.7 Å². The summed E-state index contributed by atoms with van der Waals surface area (Å²) in [6.45, 7) is 2.82. The Morgan fingerprint density at radius 3 is 2.80 bits per heavy atom. The predicted octanol–water partition coefficient (Wildman–Crippen LogP) is 2.50. The van der Waals surface area contributed by atoms with Crippen molar-refractivity contribution < 1.29 is 14.3 Å². The normalized spacial score (nSPS) is 26.4. The van der Waals surface area contributed by atoms with Crippen LogP contribution in [0, 0.1) is 5.92 Å². The predicted molar refractivity (Wildman–Crippen MR) is 97.4 cm³/mol. The van der Waals surface area contributed by atoms with E-state index in [0.717, 1.165) is 62.4 Å². The Morgan fingerprint density at radius 1 is 1.28 bits per heavy atom. The number of carbonyl (C=O) groups excluding carboxylic acids is 1. The summed E-state index contributed by atoms with van der Waals surface area (Å²) in [7, 11) is 0. The molecule has 1 aromatic heterocycles. The summed E-state index contributed by atoms with van der Waals surface area (Å²) in [6, 6.07) is 3.97. The Kier molecular flexibility index (Phi) is 5.29. The number of pyridine rings is 1.